The number of nitro benzene ring substituents is 1. The number of nitro groups is 1. The molecule has 0 heterocycles. The quantitative estimate of drug-likeness (QED) is 0.642. The fourth-order valence-corrected chi connectivity index (χ4v) is 1.61. The maximum atomic E-state index is 10.8. The Hall–Kier alpha value is -1.68. The molecule has 0 bridgehead atoms. The van der Waals surface area contributed by atoms with Crippen molar-refractivity contribution in [1.82, 2.24) is 5.32 Å². The van der Waals surface area contributed by atoms with Gasteiger partial charge in [-0.1, -0.05) is 37.6 Å². The van der Waals surface area contributed by atoms with E-state index in [9.17, 15) is 10.1 Å². The lowest BCUT2D eigenvalue weighted by Crippen LogP contribution is -2.24. The number of aryl methyl sites for hydroxylation is 1. The summed E-state index contributed by atoms with van der Waals surface area (Å²) in [6, 6.07) is 5.74. The minimum Gasteiger partial charge on any atom is -0.311 e. The summed E-state index contributed by atoms with van der Waals surface area (Å²) in [4.78, 5) is 10.5. The van der Waals surface area contributed by atoms with Crippen LogP contribution in [0.25, 0.3) is 6.08 Å². The second-order valence-electron chi connectivity index (χ2n) is 4.83. The number of benzene rings is 1. The van der Waals surface area contributed by atoms with Gasteiger partial charge in [-0.05, 0) is 19.4 Å². The van der Waals surface area contributed by atoms with Gasteiger partial charge in [0.1, 0.15) is 0 Å². The monoisotopic (exact) mass is 248 g/mol. The summed E-state index contributed by atoms with van der Waals surface area (Å²) in [6.07, 6.45) is 1.97. The minimum atomic E-state index is -0.339. The fraction of sp³-hybridized carbons (Fsp3) is 0.429. The Morgan fingerprint density at radius 3 is 2.72 bits per heavy atom. The molecule has 1 aromatic carbocycles. The van der Waals surface area contributed by atoms with Crippen molar-refractivity contribution in [3.63, 3.8) is 0 Å². The molecular formula is C14H20N2O2. The van der Waals surface area contributed by atoms with E-state index in [4.69, 9.17) is 0 Å². The first-order valence-electron chi connectivity index (χ1n) is 6.05. The molecule has 0 saturated heterocycles. The van der Waals surface area contributed by atoms with Crippen LogP contribution in [0.4, 0.5) is 5.69 Å². The summed E-state index contributed by atoms with van der Waals surface area (Å²) < 4.78 is 0. The molecule has 0 aliphatic heterocycles. The maximum absolute atomic E-state index is 10.8. The topological polar surface area (TPSA) is 55.2 Å². The molecule has 18 heavy (non-hydrogen) atoms. The van der Waals surface area contributed by atoms with Crippen LogP contribution in [0, 0.1) is 17.0 Å². The summed E-state index contributed by atoms with van der Waals surface area (Å²) in [7, 11) is 0. The lowest BCUT2D eigenvalue weighted by atomic mass is 10.1. The molecule has 1 N–H and O–H groups in total. The average Bonchev–Trinajstić information content (AvgIpc) is 2.28. The molecule has 1 aromatic rings. The van der Waals surface area contributed by atoms with Crippen LogP contribution in [-0.2, 0) is 0 Å². The van der Waals surface area contributed by atoms with Gasteiger partial charge in [-0.15, -0.1) is 0 Å². The summed E-state index contributed by atoms with van der Waals surface area (Å²) in [5.74, 6) is 0. The van der Waals surface area contributed by atoms with Gasteiger partial charge in [0.25, 0.3) is 5.69 Å². The third-order valence-corrected chi connectivity index (χ3v) is 2.63. The highest BCUT2D eigenvalue weighted by Crippen LogP contribution is 2.20. The van der Waals surface area contributed by atoms with Crippen LogP contribution < -0.4 is 5.32 Å². The molecule has 4 nitrogen and oxygen atoms in total. The maximum Gasteiger partial charge on any atom is 0.272 e. The third-order valence-electron chi connectivity index (χ3n) is 2.63. The second-order valence-corrected chi connectivity index (χ2v) is 4.83. The van der Waals surface area contributed by atoms with Crippen LogP contribution in [0.2, 0.25) is 0 Å². The molecule has 4 heteroatoms. The van der Waals surface area contributed by atoms with Crippen LogP contribution in [0.15, 0.2) is 23.8 Å². The Morgan fingerprint density at radius 2 is 2.17 bits per heavy atom. The minimum absolute atomic E-state index is 0.174. The zero-order valence-electron chi connectivity index (χ0n) is 11.4. The van der Waals surface area contributed by atoms with E-state index in [1.807, 2.05) is 19.1 Å². The Labute approximate surface area is 108 Å². The van der Waals surface area contributed by atoms with Gasteiger partial charge in [-0.25, -0.2) is 0 Å². The summed E-state index contributed by atoms with van der Waals surface area (Å²) in [6.45, 7) is 8.73. The van der Waals surface area contributed by atoms with Crippen LogP contribution in [0.3, 0.4) is 0 Å². The summed E-state index contributed by atoms with van der Waals surface area (Å²) >= 11 is 0. The SMILES string of the molecule is CC(=Cc1ccc(C)c([N+](=O)[O-])c1)CNC(C)C. The normalized spacial score (nSPS) is 11.9. The van der Waals surface area contributed by atoms with Crippen molar-refractivity contribution >= 4 is 11.8 Å². The number of hydrogen-bond donors (Lipinski definition) is 1. The van der Waals surface area contributed by atoms with Gasteiger partial charge in [0, 0.05) is 24.2 Å². The Kier molecular flexibility index (Phi) is 5.04. The van der Waals surface area contributed by atoms with E-state index in [0.29, 0.717) is 11.6 Å². The van der Waals surface area contributed by atoms with E-state index in [2.05, 4.69) is 19.2 Å². The van der Waals surface area contributed by atoms with Gasteiger partial charge < -0.3 is 5.32 Å². The Morgan fingerprint density at radius 1 is 1.50 bits per heavy atom. The molecular weight excluding hydrogens is 228 g/mol. The fourth-order valence-electron chi connectivity index (χ4n) is 1.61. The average molecular weight is 248 g/mol. The Balaban J connectivity index is 2.87. The van der Waals surface area contributed by atoms with Crippen molar-refractivity contribution in [1.29, 1.82) is 0 Å². The molecule has 0 aromatic heterocycles. The van der Waals surface area contributed by atoms with Crippen molar-refractivity contribution in [3.05, 3.63) is 45.0 Å². The van der Waals surface area contributed by atoms with E-state index in [-0.39, 0.29) is 10.6 Å². The molecule has 0 saturated carbocycles. The zero-order chi connectivity index (χ0) is 13.7. The molecule has 98 valence electrons. The Bertz CT molecular complexity index is 465. The lowest BCUT2D eigenvalue weighted by molar-refractivity contribution is -0.385. The highest BCUT2D eigenvalue weighted by Gasteiger charge is 2.09. The highest BCUT2D eigenvalue weighted by molar-refractivity contribution is 5.58. The summed E-state index contributed by atoms with van der Waals surface area (Å²) in [5.41, 5.74) is 2.89. The van der Waals surface area contributed by atoms with Crippen molar-refractivity contribution in [2.75, 3.05) is 6.54 Å². The first-order valence-corrected chi connectivity index (χ1v) is 6.05. The van der Waals surface area contributed by atoms with Gasteiger partial charge in [0.15, 0.2) is 0 Å². The van der Waals surface area contributed by atoms with E-state index in [1.54, 1.807) is 19.1 Å². The lowest BCUT2D eigenvalue weighted by Gasteiger charge is -2.08. The molecule has 1 rings (SSSR count). The van der Waals surface area contributed by atoms with Crippen LogP contribution in [0.5, 0.6) is 0 Å². The van der Waals surface area contributed by atoms with Crippen molar-refractivity contribution in [3.8, 4) is 0 Å². The summed E-state index contributed by atoms with van der Waals surface area (Å²) in [5, 5.41) is 14.2. The predicted octanol–water partition coefficient (Wildman–Crippen LogP) is 3.30. The standard InChI is InChI=1S/C14H20N2O2/c1-10(2)15-9-11(3)7-13-6-5-12(4)14(8-13)16(17)18/h5-8,10,15H,9H2,1-4H3. The largest absolute Gasteiger partial charge is 0.311 e. The number of rotatable bonds is 5. The van der Waals surface area contributed by atoms with E-state index in [1.165, 1.54) is 0 Å². The predicted molar refractivity (Wildman–Crippen MR) is 74.6 cm³/mol. The molecule has 0 aliphatic rings. The van der Waals surface area contributed by atoms with Gasteiger partial charge in [-0.3, -0.25) is 10.1 Å². The molecule has 0 aliphatic carbocycles. The van der Waals surface area contributed by atoms with Crippen LogP contribution in [-0.4, -0.2) is 17.5 Å². The van der Waals surface area contributed by atoms with E-state index >= 15 is 0 Å². The molecule has 0 spiro atoms. The highest BCUT2D eigenvalue weighted by atomic mass is 16.6. The van der Waals surface area contributed by atoms with Crippen LogP contribution >= 0.6 is 0 Å². The van der Waals surface area contributed by atoms with Crippen molar-refractivity contribution in [2.24, 2.45) is 0 Å². The number of nitrogens with one attached hydrogen (secondary N) is 1. The van der Waals surface area contributed by atoms with Gasteiger partial charge >= 0.3 is 0 Å². The molecule has 0 fully saturated rings. The third kappa shape index (κ3) is 4.30. The van der Waals surface area contributed by atoms with Gasteiger partial charge in [-0.2, -0.15) is 0 Å². The smallest absolute Gasteiger partial charge is 0.272 e. The van der Waals surface area contributed by atoms with E-state index in [0.717, 1.165) is 17.7 Å². The number of nitrogens with zero attached hydrogens (tertiary/aromatic N) is 1. The number of hydrogen-bond acceptors (Lipinski definition) is 3. The molecule has 0 amide bonds. The molecule has 0 atom stereocenters. The van der Waals surface area contributed by atoms with E-state index < -0.39 is 0 Å². The molecule has 0 unspecified atom stereocenters. The first kappa shape index (κ1) is 14.4. The van der Waals surface area contributed by atoms with Gasteiger partial charge in [0.05, 0.1) is 4.92 Å². The first-order chi connectivity index (χ1) is 8.40. The van der Waals surface area contributed by atoms with Crippen molar-refractivity contribution < 1.29 is 4.92 Å². The van der Waals surface area contributed by atoms with Crippen molar-refractivity contribution in [2.45, 2.75) is 33.7 Å². The van der Waals surface area contributed by atoms with Crippen LogP contribution in [0.1, 0.15) is 31.9 Å². The second kappa shape index (κ2) is 6.31. The zero-order valence-corrected chi connectivity index (χ0v) is 11.4. The van der Waals surface area contributed by atoms with Gasteiger partial charge in [0.2, 0.25) is 0 Å². The molecule has 0 radical (unpaired) electrons.